The second-order valence-electron chi connectivity index (χ2n) is 8.22. The van der Waals surface area contributed by atoms with Gasteiger partial charge in [0.1, 0.15) is 0 Å². The number of carbonyl (C=O) groups is 1. The van der Waals surface area contributed by atoms with Crippen LogP contribution >= 0.6 is 0 Å². The fraction of sp³-hybridized carbons (Fsp3) is 0.192. The summed E-state index contributed by atoms with van der Waals surface area (Å²) < 4.78 is 27.2. The van der Waals surface area contributed by atoms with Gasteiger partial charge in [-0.15, -0.1) is 0 Å². The third-order valence-corrected chi connectivity index (χ3v) is 7.70. The van der Waals surface area contributed by atoms with Gasteiger partial charge >= 0.3 is 0 Å². The van der Waals surface area contributed by atoms with Crippen molar-refractivity contribution >= 4 is 39.0 Å². The van der Waals surface area contributed by atoms with E-state index in [1.165, 1.54) is 28.6 Å². The Bertz CT molecular complexity index is 1350. The minimum atomic E-state index is -3.56. The van der Waals surface area contributed by atoms with Gasteiger partial charge in [-0.05, 0) is 54.3 Å². The maximum absolute atomic E-state index is 13.2. The number of sulfonamides is 1. The first-order valence-electron chi connectivity index (χ1n) is 11.3. The average Bonchev–Trinajstić information content (AvgIpc) is 2.88. The predicted molar refractivity (Wildman–Crippen MR) is 135 cm³/mol. The average molecular weight is 492 g/mol. The third kappa shape index (κ3) is 5.82. The first kappa shape index (κ1) is 24.3. The molecule has 0 radical (unpaired) electrons. The monoisotopic (exact) mass is 491 g/mol. The van der Waals surface area contributed by atoms with Crippen LogP contribution in [-0.4, -0.2) is 36.6 Å². The number of amides is 1. The topological polar surface area (TPSA) is 110 Å². The van der Waals surface area contributed by atoms with Crippen LogP contribution in [0.3, 0.4) is 0 Å². The zero-order valence-electron chi connectivity index (χ0n) is 19.0. The number of rotatable bonds is 7. The Kier molecular flexibility index (Phi) is 7.38. The van der Waals surface area contributed by atoms with Gasteiger partial charge in [-0.25, -0.2) is 8.42 Å². The van der Waals surface area contributed by atoms with Crippen LogP contribution in [-0.2, 0) is 14.8 Å². The Morgan fingerprint density at radius 2 is 1.60 bits per heavy atom. The molecule has 0 aromatic heterocycles. The molecule has 1 saturated heterocycles. The molecule has 3 aromatic carbocycles. The van der Waals surface area contributed by atoms with Crippen molar-refractivity contribution in [2.75, 3.05) is 18.4 Å². The fourth-order valence-corrected chi connectivity index (χ4v) is 5.47. The lowest BCUT2D eigenvalue weighted by Crippen LogP contribution is -2.35. The highest BCUT2D eigenvalue weighted by Crippen LogP contribution is 2.25. The molecule has 0 bridgehead atoms. The van der Waals surface area contributed by atoms with Crippen LogP contribution in [0.4, 0.5) is 11.4 Å². The number of nitro benzene ring substituents is 1. The van der Waals surface area contributed by atoms with E-state index < -0.39 is 20.9 Å². The molecule has 8 nitrogen and oxygen atoms in total. The van der Waals surface area contributed by atoms with Crippen LogP contribution in [0.1, 0.15) is 30.4 Å². The van der Waals surface area contributed by atoms with Crippen LogP contribution in [0.5, 0.6) is 0 Å². The van der Waals surface area contributed by atoms with E-state index in [9.17, 15) is 23.3 Å². The number of hydrogen-bond acceptors (Lipinski definition) is 5. The smallest absolute Gasteiger partial charge is 0.270 e. The number of hydrogen-bond donors (Lipinski definition) is 1. The van der Waals surface area contributed by atoms with E-state index >= 15 is 0 Å². The third-order valence-electron chi connectivity index (χ3n) is 5.79. The summed E-state index contributed by atoms with van der Waals surface area (Å²) in [5.41, 5.74) is 1.83. The van der Waals surface area contributed by atoms with Crippen LogP contribution in [0.15, 0.2) is 83.8 Å². The number of non-ortho nitro benzene ring substituents is 1. The van der Waals surface area contributed by atoms with Gasteiger partial charge in [0.05, 0.1) is 9.82 Å². The van der Waals surface area contributed by atoms with Gasteiger partial charge in [-0.3, -0.25) is 14.9 Å². The van der Waals surface area contributed by atoms with E-state index in [1.807, 2.05) is 6.07 Å². The van der Waals surface area contributed by atoms with Crippen molar-refractivity contribution in [2.45, 2.75) is 24.2 Å². The number of nitrogens with zero attached hydrogens (tertiary/aromatic N) is 2. The Morgan fingerprint density at radius 3 is 2.26 bits per heavy atom. The van der Waals surface area contributed by atoms with E-state index in [1.54, 1.807) is 54.6 Å². The normalized spacial score (nSPS) is 14.9. The second kappa shape index (κ2) is 10.6. The van der Waals surface area contributed by atoms with E-state index in [2.05, 4.69) is 5.32 Å². The largest absolute Gasteiger partial charge is 0.322 e. The lowest BCUT2D eigenvalue weighted by molar-refractivity contribution is -0.384. The molecule has 1 amide bonds. The molecule has 9 heteroatoms. The van der Waals surface area contributed by atoms with Gasteiger partial charge in [0.15, 0.2) is 0 Å². The van der Waals surface area contributed by atoms with Gasteiger partial charge in [-0.2, -0.15) is 4.31 Å². The maximum Gasteiger partial charge on any atom is 0.270 e. The minimum Gasteiger partial charge on any atom is -0.322 e. The molecule has 1 fully saturated rings. The molecule has 180 valence electrons. The van der Waals surface area contributed by atoms with Gasteiger partial charge in [0.25, 0.3) is 11.6 Å². The molecule has 0 atom stereocenters. The summed E-state index contributed by atoms with van der Waals surface area (Å²) in [6.07, 6.45) is 4.33. The number of piperidine rings is 1. The van der Waals surface area contributed by atoms with E-state index in [0.29, 0.717) is 35.5 Å². The highest BCUT2D eigenvalue weighted by Gasteiger charge is 2.25. The molecule has 0 aliphatic carbocycles. The molecule has 4 rings (SSSR count). The quantitative estimate of drug-likeness (QED) is 0.218. The number of nitro groups is 1. The summed E-state index contributed by atoms with van der Waals surface area (Å²) in [7, 11) is -3.56. The lowest BCUT2D eigenvalue weighted by Gasteiger charge is -2.25. The van der Waals surface area contributed by atoms with E-state index in [-0.39, 0.29) is 10.6 Å². The molecule has 35 heavy (non-hydrogen) atoms. The van der Waals surface area contributed by atoms with Crippen molar-refractivity contribution in [1.29, 1.82) is 0 Å². The second-order valence-corrected chi connectivity index (χ2v) is 10.2. The van der Waals surface area contributed by atoms with Crippen molar-refractivity contribution < 1.29 is 18.1 Å². The fourth-order valence-electron chi connectivity index (χ4n) is 3.96. The summed E-state index contributed by atoms with van der Waals surface area (Å²) in [6, 6.07) is 21.1. The SMILES string of the molecule is O=C(Nc1ccc(S(=O)(=O)N2CCCCC2)cc1)/C(=C/c1cccc([N+](=O)[O-])c1)c1ccccc1. The van der Waals surface area contributed by atoms with Crippen LogP contribution in [0.25, 0.3) is 11.6 Å². The Labute approximate surface area is 204 Å². The Balaban J connectivity index is 1.59. The molecule has 3 aromatic rings. The molecule has 1 aliphatic heterocycles. The molecule has 1 aliphatic rings. The van der Waals surface area contributed by atoms with Crippen LogP contribution in [0, 0.1) is 10.1 Å². The summed E-state index contributed by atoms with van der Waals surface area (Å²) in [4.78, 5) is 24.1. The zero-order chi connectivity index (χ0) is 24.8. The van der Waals surface area contributed by atoms with Crippen LogP contribution in [0.2, 0.25) is 0 Å². The van der Waals surface area contributed by atoms with Gasteiger partial charge in [-0.1, -0.05) is 48.9 Å². The van der Waals surface area contributed by atoms with Gasteiger partial charge in [0.2, 0.25) is 10.0 Å². The molecule has 1 heterocycles. The first-order chi connectivity index (χ1) is 16.8. The standard InChI is InChI=1S/C26H25N3O5S/c30-26(27-22-12-14-24(15-13-22)35(33,34)28-16-5-2-6-17-28)25(21-9-3-1-4-10-21)19-20-8-7-11-23(18-20)29(31)32/h1,3-4,7-15,18-19H,2,5-6,16-17H2,(H,27,30)/b25-19+. The Hall–Kier alpha value is -3.82. The molecular formula is C26H25N3O5S. The van der Waals surface area contributed by atoms with E-state index in [4.69, 9.17) is 0 Å². The zero-order valence-corrected chi connectivity index (χ0v) is 19.8. The number of carbonyl (C=O) groups excluding carboxylic acids is 1. The van der Waals surface area contributed by atoms with Gasteiger partial charge < -0.3 is 5.32 Å². The molecule has 0 unspecified atom stereocenters. The summed E-state index contributed by atoms with van der Waals surface area (Å²) >= 11 is 0. The highest BCUT2D eigenvalue weighted by atomic mass is 32.2. The number of nitrogens with one attached hydrogen (secondary N) is 1. The number of anilines is 1. The minimum absolute atomic E-state index is 0.0722. The summed E-state index contributed by atoms with van der Waals surface area (Å²) in [5.74, 6) is -0.422. The summed E-state index contributed by atoms with van der Waals surface area (Å²) in [5, 5.41) is 13.9. The highest BCUT2D eigenvalue weighted by molar-refractivity contribution is 7.89. The van der Waals surface area contributed by atoms with Gasteiger partial charge in [0, 0.05) is 36.5 Å². The molecule has 0 spiro atoms. The van der Waals surface area contributed by atoms with Crippen molar-refractivity contribution in [3.05, 3.63) is 100 Å². The van der Waals surface area contributed by atoms with E-state index in [0.717, 1.165) is 19.3 Å². The van der Waals surface area contributed by atoms with Crippen molar-refractivity contribution in [3.63, 3.8) is 0 Å². The molecule has 1 N–H and O–H groups in total. The molecular weight excluding hydrogens is 466 g/mol. The van der Waals surface area contributed by atoms with Crippen LogP contribution < -0.4 is 5.32 Å². The molecule has 0 saturated carbocycles. The lowest BCUT2D eigenvalue weighted by atomic mass is 10.0. The number of benzene rings is 3. The Morgan fingerprint density at radius 1 is 0.914 bits per heavy atom. The van der Waals surface area contributed by atoms with Crippen molar-refractivity contribution in [2.24, 2.45) is 0 Å². The van der Waals surface area contributed by atoms with Crippen molar-refractivity contribution in [3.8, 4) is 0 Å². The maximum atomic E-state index is 13.2. The van der Waals surface area contributed by atoms with Crippen molar-refractivity contribution in [1.82, 2.24) is 4.31 Å². The summed E-state index contributed by atoms with van der Waals surface area (Å²) in [6.45, 7) is 1.04. The predicted octanol–water partition coefficient (Wildman–Crippen LogP) is 4.95. The first-order valence-corrected chi connectivity index (χ1v) is 12.7.